The van der Waals surface area contributed by atoms with Gasteiger partial charge in [0.2, 0.25) is 18.5 Å². The Bertz CT molecular complexity index is 1100. The highest BCUT2D eigenvalue weighted by Gasteiger charge is 2.70. The maximum absolute atomic E-state index is 16.3. The highest BCUT2D eigenvalue weighted by molar-refractivity contribution is 7.46. The van der Waals surface area contributed by atoms with E-state index in [9.17, 15) is 33.9 Å². The number of ether oxygens (including phenoxy) is 1. The second-order valence-electron chi connectivity index (χ2n) is 13.2. The minimum Gasteiger partial charge on any atom is -0.438 e. The van der Waals surface area contributed by atoms with Gasteiger partial charge in [0.05, 0.1) is 6.10 Å². The van der Waals surface area contributed by atoms with E-state index in [4.69, 9.17) is 14.5 Å². The Morgan fingerprint density at radius 2 is 1.68 bits per heavy atom. The van der Waals surface area contributed by atoms with Crippen molar-refractivity contribution >= 4 is 21.6 Å². The van der Waals surface area contributed by atoms with E-state index in [1.807, 2.05) is 20.8 Å². The van der Waals surface area contributed by atoms with Gasteiger partial charge >= 0.3 is 21.6 Å². The molecule has 16 heteroatoms. The standard InChI is InChI=1S/C25H42F2O12P2/c1-14(4-7-20(29)37-13-38-40(31,32)33)16-5-6-17-21-18(10-19(28)23(16,17)3)22(2)8-9-24(26,39-41(34,35)36)11-15(22)12-25(21,27)30/h14-19,21,28,30H,4-13H2,1-3H3,(H2,31,32,33)(H2,34,35,36). The number of phosphoric acid groups is 2. The lowest BCUT2D eigenvalue weighted by atomic mass is 9.42. The Labute approximate surface area is 237 Å². The lowest BCUT2D eigenvalue weighted by Gasteiger charge is -2.65. The van der Waals surface area contributed by atoms with E-state index in [-0.39, 0.29) is 37.5 Å². The largest absolute Gasteiger partial charge is 0.472 e. The molecule has 4 fully saturated rings. The van der Waals surface area contributed by atoms with Crippen LogP contribution in [0, 0.1) is 46.3 Å². The fraction of sp³-hybridized carbons (Fsp3) is 0.960. The first kappa shape index (κ1) is 33.4. The number of esters is 1. The molecule has 0 bridgehead atoms. The number of hydrogen-bond acceptors (Lipinski definition) is 8. The van der Waals surface area contributed by atoms with Crippen LogP contribution in [0.2, 0.25) is 0 Å². The van der Waals surface area contributed by atoms with Crippen molar-refractivity contribution in [2.75, 3.05) is 6.79 Å². The van der Waals surface area contributed by atoms with Crippen LogP contribution in [-0.2, 0) is 27.7 Å². The molecule has 0 aromatic carbocycles. The van der Waals surface area contributed by atoms with Crippen LogP contribution in [0.4, 0.5) is 8.78 Å². The number of halogens is 2. The second-order valence-corrected chi connectivity index (χ2v) is 15.6. The summed E-state index contributed by atoms with van der Waals surface area (Å²) < 4.78 is 67.1. The predicted molar refractivity (Wildman–Crippen MR) is 138 cm³/mol. The third kappa shape index (κ3) is 6.62. The first-order chi connectivity index (χ1) is 18.6. The van der Waals surface area contributed by atoms with Gasteiger partial charge in [-0.05, 0) is 72.5 Å². The number of hydrogen-bond donors (Lipinski definition) is 6. The first-order valence-corrected chi connectivity index (χ1v) is 17.1. The SMILES string of the molecule is CC(CCC(=O)OCOP(=O)(O)O)C1CCC2C3C(CC(O)C12C)C1(C)CCC(F)(OP(=O)(O)O)CC1CC3(O)F. The zero-order chi connectivity index (χ0) is 30.8. The van der Waals surface area contributed by atoms with E-state index < -0.39 is 93.6 Å². The predicted octanol–water partition coefficient (Wildman–Crippen LogP) is 3.69. The molecule has 12 nitrogen and oxygen atoms in total. The van der Waals surface area contributed by atoms with Crippen molar-refractivity contribution in [1.82, 2.24) is 0 Å². The summed E-state index contributed by atoms with van der Waals surface area (Å²) in [5.74, 6) is -8.78. The van der Waals surface area contributed by atoms with E-state index in [0.29, 0.717) is 19.3 Å². The molecule has 0 amide bonds. The van der Waals surface area contributed by atoms with Gasteiger partial charge in [0, 0.05) is 31.6 Å². The zero-order valence-electron chi connectivity index (χ0n) is 23.4. The van der Waals surface area contributed by atoms with Crippen molar-refractivity contribution in [2.45, 2.75) is 96.4 Å². The third-order valence-corrected chi connectivity index (χ3v) is 12.1. The van der Waals surface area contributed by atoms with Gasteiger partial charge in [-0.25, -0.2) is 27.0 Å². The molecule has 0 aliphatic heterocycles. The van der Waals surface area contributed by atoms with Crippen LogP contribution < -0.4 is 0 Å². The normalized spacial score (nSPS) is 45.3. The number of rotatable bonds is 9. The Morgan fingerprint density at radius 1 is 1.02 bits per heavy atom. The van der Waals surface area contributed by atoms with Crippen LogP contribution in [0.15, 0.2) is 0 Å². The number of alkyl halides is 2. The summed E-state index contributed by atoms with van der Waals surface area (Å²) in [5, 5.41) is 22.8. The average Bonchev–Trinajstić information content (AvgIpc) is 3.15. The molecule has 4 aliphatic carbocycles. The number of fused-ring (bicyclic) bond motifs is 5. The van der Waals surface area contributed by atoms with Gasteiger partial charge in [-0.2, -0.15) is 0 Å². The van der Waals surface area contributed by atoms with Gasteiger partial charge < -0.3 is 34.5 Å². The number of carbonyl (C=O) groups excluding carboxylic acids is 1. The number of phosphoric ester groups is 2. The van der Waals surface area contributed by atoms with Crippen molar-refractivity contribution in [1.29, 1.82) is 0 Å². The third-order valence-electron chi connectivity index (χ3n) is 11.1. The maximum Gasteiger partial charge on any atom is 0.472 e. The molecule has 0 heterocycles. The van der Waals surface area contributed by atoms with Crippen LogP contribution >= 0.6 is 15.6 Å². The van der Waals surface area contributed by atoms with Crippen molar-refractivity contribution in [2.24, 2.45) is 46.3 Å². The first-order valence-electron chi connectivity index (χ1n) is 14.0. The molecule has 4 aliphatic rings. The van der Waals surface area contributed by atoms with E-state index in [1.165, 1.54) is 0 Å². The van der Waals surface area contributed by atoms with E-state index >= 15 is 8.78 Å². The lowest BCUT2D eigenvalue weighted by molar-refractivity contribution is -0.295. The van der Waals surface area contributed by atoms with Gasteiger partial charge in [0.25, 0.3) is 0 Å². The second kappa shape index (κ2) is 11.1. The van der Waals surface area contributed by atoms with Crippen LogP contribution in [0.3, 0.4) is 0 Å². The van der Waals surface area contributed by atoms with Crippen LogP contribution in [0.1, 0.15) is 78.6 Å². The Morgan fingerprint density at radius 3 is 2.29 bits per heavy atom. The van der Waals surface area contributed by atoms with Crippen LogP contribution in [-0.4, -0.2) is 60.4 Å². The summed E-state index contributed by atoms with van der Waals surface area (Å²) in [7, 11) is -9.92. The summed E-state index contributed by atoms with van der Waals surface area (Å²) in [4.78, 5) is 47.8. The molecule has 0 saturated heterocycles. The lowest BCUT2D eigenvalue weighted by Crippen LogP contribution is -2.65. The summed E-state index contributed by atoms with van der Waals surface area (Å²) >= 11 is 0. The molecule has 0 aromatic rings. The molecular formula is C25H42F2O12P2. The number of aliphatic hydroxyl groups excluding tert-OH is 1. The molecule has 4 rings (SSSR count). The highest BCUT2D eigenvalue weighted by Crippen LogP contribution is 2.71. The Hall–Kier alpha value is -0.530. The summed E-state index contributed by atoms with van der Waals surface area (Å²) in [6.07, 6.45) is -0.294. The topological polar surface area (TPSA) is 200 Å². The molecule has 11 unspecified atom stereocenters. The van der Waals surface area contributed by atoms with Crippen LogP contribution in [0.25, 0.3) is 0 Å². The average molecular weight is 635 g/mol. The van der Waals surface area contributed by atoms with Crippen molar-refractivity contribution in [3.63, 3.8) is 0 Å². The van der Waals surface area contributed by atoms with Crippen molar-refractivity contribution in [3.8, 4) is 0 Å². The van der Waals surface area contributed by atoms with E-state index in [1.54, 1.807) is 0 Å². The molecular weight excluding hydrogens is 592 g/mol. The van der Waals surface area contributed by atoms with Gasteiger partial charge in [-0.1, -0.05) is 20.8 Å². The van der Waals surface area contributed by atoms with Crippen molar-refractivity contribution in [3.05, 3.63) is 0 Å². The molecule has 0 spiro atoms. The number of aliphatic hydroxyl groups is 2. The molecule has 238 valence electrons. The molecule has 0 aromatic heterocycles. The fourth-order valence-electron chi connectivity index (χ4n) is 9.15. The Balaban J connectivity index is 1.49. The monoisotopic (exact) mass is 634 g/mol. The highest BCUT2D eigenvalue weighted by atomic mass is 31.2. The minimum atomic E-state index is -5.14. The van der Waals surface area contributed by atoms with E-state index in [0.717, 1.165) is 0 Å². The van der Waals surface area contributed by atoms with E-state index in [2.05, 4.69) is 9.05 Å². The molecule has 11 atom stereocenters. The summed E-state index contributed by atoms with van der Waals surface area (Å²) in [6.45, 7) is 4.81. The molecule has 0 radical (unpaired) electrons. The molecule has 41 heavy (non-hydrogen) atoms. The fourth-order valence-corrected chi connectivity index (χ4v) is 9.93. The zero-order valence-corrected chi connectivity index (χ0v) is 25.2. The Kier molecular flexibility index (Phi) is 9.05. The molecule has 6 N–H and O–H groups in total. The van der Waals surface area contributed by atoms with Crippen LogP contribution in [0.5, 0.6) is 0 Å². The van der Waals surface area contributed by atoms with Gasteiger partial charge in [-0.15, -0.1) is 0 Å². The minimum absolute atomic E-state index is 0.0560. The maximum atomic E-state index is 16.3. The van der Waals surface area contributed by atoms with Gasteiger partial charge in [0.15, 0.2) is 0 Å². The van der Waals surface area contributed by atoms with Gasteiger partial charge in [-0.3, -0.25) is 4.79 Å². The summed E-state index contributed by atoms with van der Waals surface area (Å²) in [5.41, 5.74) is -1.47. The van der Waals surface area contributed by atoms with Crippen molar-refractivity contribution < 1.29 is 66.3 Å². The quantitative estimate of drug-likeness (QED) is 0.122. The smallest absolute Gasteiger partial charge is 0.438 e. The molecule has 4 saturated carbocycles. The van der Waals surface area contributed by atoms with Gasteiger partial charge in [0.1, 0.15) is 0 Å². The summed E-state index contributed by atoms with van der Waals surface area (Å²) in [6, 6.07) is 0. The number of carbonyl (C=O) groups is 1.